The van der Waals surface area contributed by atoms with Crippen molar-refractivity contribution in [3.05, 3.63) is 51.9 Å². The number of nitrogens with zero attached hydrogens (tertiary/aromatic N) is 3. The second-order valence-electron chi connectivity index (χ2n) is 7.93. The second-order valence-corrected chi connectivity index (χ2v) is 7.93. The van der Waals surface area contributed by atoms with Crippen molar-refractivity contribution in [3.63, 3.8) is 0 Å². The number of carbonyl (C=O) groups excluding carboxylic acids is 1. The van der Waals surface area contributed by atoms with Crippen LogP contribution in [0.2, 0.25) is 0 Å². The van der Waals surface area contributed by atoms with E-state index in [2.05, 4.69) is 15.4 Å². The number of amides is 2. The summed E-state index contributed by atoms with van der Waals surface area (Å²) in [6.07, 6.45) is 2.64. The van der Waals surface area contributed by atoms with Gasteiger partial charge < -0.3 is 19.7 Å². The van der Waals surface area contributed by atoms with Crippen LogP contribution in [0.4, 0.5) is 4.79 Å². The number of rotatable bonds is 4. The van der Waals surface area contributed by atoms with Gasteiger partial charge in [-0.05, 0) is 42.7 Å². The zero-order valence-corrected chi connectivity index (χ0v) is 17.4. The number of nitrogens with one attached hydrogen (secondary N) is 2. The molecule has 1 saturated heterocycles. The van der Waals surface area contributed by atoms with Gasteiger partial charge in [-0.1, -0.05) is 0 Å². The standard InChI is InChI=1S/C22H25N5O4/c1-30-15-6-4-14(5-7-15)19-11-20-24-18-8-9-26(13-17(18)21(28)27(20)25-19)22(29)23-12-16-3-2-10-31-16/h4-7,11,16,25H,2-3,8-10,12-13H2,1H3,(H,23,29)/t16-/m0/s1. The van der Waals surface area contributed by atoms with Crippen molar-refractivity contribution in [1.82, 2.24) is 24.8 Å². The van der Waals surface area contributed by atoms with Crippen LogP contribution in [0.25, 0.3) is 16.9 Å². The molecule has 2 amide bonds. The number of aromatic nitrogens is 3. The van der Waals surface area contributed by atoms with Crippen LogP contribution in [0.3, 0.4) is 0 Å². The first-order valence-electron chi connectivity index (χ1n) is 10.5. The molecule has 0 saturated carbocycles. The summed E-state index contributed by atoms with van der Waals surface area (Å²) in [7, 11) is 1.62. The average Bonchev–Trinajstić information content (AvgIpc) is 3.47. The fourth-order valence-corrected chi connectivity index (χ4v) is 4.19. The molecule has 1 atom stereocenters. The van der Waals surface area contributed by atoms with Gasteiger partial charge in [-0.2, -0.15) is 0 Å². The highest BCUT2D eigenvalue weighted by molar-refractivity contribution is 5.74. The topological polar surface area (TPSA) is 101 Å². The number of hydrogen-bond acceptors (Lipinski definition) is 5. The van der Waals surface area contributed by atoms with Crippen molar-refractivity contribution < 1.29 is 14.3 Å². The van der Waals surface area contributed by atoms with Crippen LogP contribution >= 0.6 is 0 Å². The fourth-order valence-electron chi connectivity index (χ4n) is 4.19. The van der Waals surface area contributed by atoms with Gasteiger partial charge in [0.2, 0.25) is 0 Å². The fraction of sp³-hybridized carbons (Fsp3) is 0.409. The molecule has 4 heterocycles. The normalized spacial score (nSPS) is 18.2. The molecule has 1 fully saturated rings. The molecule has 0 spiro atoms. The summed E-state index contributed by atoms with van der Waals surface area (Å²) < 4.78 is 12.2. The average molecular weight is 423 g/mol. The van der Waals surface area contributed by atoms with E-state index in [1.54, 1.807) is 12.0 Å². The Morgan fingerprint density at radius 2 is 2.19 bits per heavy atom. The molecular weight excluding hydrogens is 398 g/mol. The molecule has 1 aromatic carbocycles. The third kappa shape index (κ3) is 3.76. The zero-order chi connectivity index (χ0) is 21.4. The Labute approximate surface area is 179 Å². The van der Waals surface area contributed by atoms with Crippen LogP contribution in [0.1, 0.15) is 24.1 Å². The molecular formula is C22H25N5O4. The largest absolute Gasteiger partial charge is 0.497 e. The maximum Gasteiger partial charge on any atom is 0.317 e. The van der Waals surface area contributed by atoms with Gasteiger partial charge in [0.1, 0.15) is 5.75 Å². The van der Waals surface area contributed by atoms with E-state index in [0.29, 0.717) is 30.7 Å². The van der Waals surface area contributed by atoms with E-state index in [4.69, 9.17) is 9.47 Å². The third-order valence-electron chi connectivity index (χ3n) is 5.95. The Hall–Kier alpha value is -3.33. The maximum absolute atomic E-state index is 13.1. The minimum Gasteiger partial charge on any atom is -0.497 e. The van der Waals surface area contributed by atoms with Crippen LogP contribution in [0.15, 0.2) is 35.1 Å². The molecule has 2 aromatic heterocycles. The van der Waals surface area contributed by atoms with E-state index in [1.807, 2.05) is 30.3 Å². The van der Waals surface area contributed by atoms with Crippen molar-refractivity contribution in [2.75, 3.05) is 26.8 Å². The first-order valence-corrected chi connectivity index (χ1v) is 10.5. The molecule has 5 rings (SSSR count). The molecule has 0 radical (unpaired) electrons. The summed E-state index contributed by atoms with van der Waals surface area (Å²) in [5.41, 5.74) is 3.44. The Balaban J connectivity index is 1.37. The molecule has 0 bridgehead atoms. The second kappa shape index (κ2) is 8.07. The number of urea groups is 1. The lowest BCUT2D eigenvalue weighted by atomic mass is 10.1. The smallest absolute Gasteiger partial charge is 0.317 e. The molecule has 2 aliphatic heterocycles. The predicted octanol–water partition coefficient (Wildman–Crippen LogP) is 1.94. The maximum atomic E-state index is 13.1. The molecule has 31 heavy (non-hydrogen) atoms. The Kier molecular flexibility index (Phi) is 5.11. The number of methoxy groups -OCH3 is 1. The van der Waals surface area contributed by atoms with Gasteiger partial charge in [0.05, 0.1) is 36.7 Å². The van der Waals surface area contributed by atoms with Crippen molar-refractivity contribution in [2.45, 2.75) is 31.9 Å². The van der Waals surface area contributed by atoms with Gasteiger partial charge in [-0.15, -0.1) is 0 Å². The lowest BCUT2D eigenvalue weighted by Gasteiger charge is -2.28. The predicted molar refractivity (Wildman–Crippen MR) is 114 cm³/mol. The molecule has 9 nitrogen and oxygen atoms in total. The highest BCUT2D eigenvalue weighted by Crippen LogP contribution is 2.23. The number of ether oxygens (including phenoxy) is 2. The Morgan fingerprint density at radius 3 is 2.94 bits per heavy atom. The quantitative estimate of drug-likeness (QED) is 0.668. The van der Waals surface area contributed by atoms with Gasteiger partial charge in [-0.25, -0.2) is 14.3 Å². The highest BCUT2D eigenvalue weighted by Gasteiger charge is 2.26. The molecule has 9 heteroatoms. The lowest BCUT2D eigenvalue weighted by Crippen LogP contribution is -2.46. The summed E-state index contributed by atoms with van der Waals surface area (Å²) in [5, 5.41) is 6.07. The SMILES string of the molecule is COc1ccc(-c2cc3nc4c(c(=O)n3[nH]2)CN(C(=O)NC[C@@H]2CCCO2)CC4)cc1. The summed E-state index contributed by atoms with van der Waals surface area (Å²) in [4.78, 5) is 32.1. The molecule has 0 unspecified atom stereocenters. The summed E-state index contributed by atoms with van der Waals surface area (Å²) in [6, 6.07) is 9.29. The molecule has 162 valence electrons. The van der Waals surface area contributed by atoms with E-state index >= 15 is 0 Å². The van der Waals surface area contributed by atoms with Crippen molar-refractivity contribution >= 4 is 11.7 Å². The first kappa shape index (κ1) is 19.6. The summed E-state index contributed by atoms with van der Waals surface area (Å²) in [5.74, 6) is 0.767. The lowest BCUT2D eigenvalue weighted by molar-refractivity contribution is 0.108. The van der Waals surface area contributed by atoms with E-state index in [-0.39, 0.29) is 24.2 Å². The number of benzene rings is 1. The minimum absolute atomic E-state index is 0.0863. The number of aromatic amines is 1. The van der Waals surface area contributed by atoms with Gasteiger partial charge in [0.15, 0.2) is 5.65 Å². The van der Waals surface area contributed by atoms with Crippen LogP contribution < -0.4 is 15.6 Å². The summed E-state index contributed by atoms with van der Waals surface area (Å²) in [6.45, 7) is 2.03. The van der Waals surface area contributed by atoms with Gasteiger partial charge >= 0.3 is 6.03 Å². The Bertz CT molecular complexity index is 1160. The molecule has 2 N–H and O–H groups in total. The monoisotopic (exact) mass is 423 g/mol. The first-order chi connectivity index (χ1) is 15.1. The minimum atomic E-state index is -0.170. The highest BCUT2D eigenvalue weighted by atomic mass is 16.5. The van der Waals surface area contributed by atoms with Crippen LogP contribution in [0.5, 0.6) is 5.75 Å². The van der Waals surface area contributed by atoms with Crippen LogP contribution in [0, 0.1) is 0 Å². The van der Waals surface area contributed by atoms with E-state index < -0.39 is 0 Å². The summed E-state index contributed by atoms with van der Waals surface area (Å²) >= 11 is 0. The molecule has 0 aliphatic carbocycles. The van der Waals surface area contributed by atoms with Crippen LogP contribution in [-0.4, -0.2) is 58.4 Å². The zero-order valence-electron chi connectivity index (χ0n) is 17.4. The van der Waals surface area contributed by atoms with Crippen molar-refractivity contribution in [3.8, 4) is 17.0 Å². The van der Waals surface area contributed by atoms with Gasteiger partial charge in [0.25, 0.3) is 5.56 Å². The number of hydrogen-bond donors (Lipinski definition) is 2. The van der Waals surface area contributed by atoms with Gasteiger partial charge in [-0.3, -0.25) is 9.89 Å². The van der Waals surface area contributed by atoms with Crippen molar-refractivity contribution in [2.24, 2.45) is 0 Å². The van der Waals surface area contributed by atoms with Gasteiger partial charge in [0, 0.05) is 32.2 Å². The number of fused-ring (bicyclic) bond motifs is 2. The number of H-pyrrole nitrogens is 1. The molecule has 3 aromatic rings. The van der Waals surface area contributed by atoms with E-state index in [9.17, 15) is 9.59 Å². The Morgan fingerprint density at radius 1 is 1.35 bits per heavy atom. The van der Waals surface area contributed by atoms with Crippen molar-refractivity contribution in [1.29, 1.82) is 0 Å². The van der Waals surface area contributed by atoms with E-state index in [1.165, 1.54) is 4.52 Å². The number of carbonyl (C=O) groups is 1. The van der Waals surface area contributed by atoms with E-state index in [0.717, 1.165) is 42.1 Å². The molecule has 2 aliphatic rings. The third-order valence-corrected chi connectivity index (χ3v) is 5.95. The van der Waals surface area contributed by atoms with Crippen LogP contribution in [-0.2, 0) is 17.7 Å².